The molecule has 1 fully saturated rings. The third-order valence-electron chi connectivity index (χ3n) is 3.77. The fourth-order valence-corrected chi connectivity index (χ4v) is 5.10. The largest absolute Gasteiger partial charge is 0.330 e. The summed E-state index contributed by atoms with van der Waals surface area (Å²) in [6, 6.07) is 5.38. The number of nitrogens with two attached hydrogens (primary N) is 1. The van der Waals surface area contributed by atoms with Crippen molar-refractivity contribution in [2.75, 3.05) is 18.1 Å². The van der Waals surface area contributed by atoms with Crippen LogP contribution in [-0.2, 0) is 16.3 Å². The zero-order chi connectivity index (χ0) is 14.0. The van der Waals surface area contributed by atoms with Gasteiger partial charge in [-0.1, -0.05) is 29.3 Å². The summed E-state index contributed by atoms with van der Waals surface area (Å²) >= 11 is 12.3. The van der Waals surface area contributed by atoms with Gasteiger partial charge in [0.05, 0.1) is 11.5 Å². The molecule has 2 N–H and O–H groups in total. The minimum Gasteiger partial charge on any atom is -0.330 e. The molecular weight excluding hydrogens is 305 g/mol. The molecule has 0 aromatic heterocycles. The summed E-state index contributed by atoms with van der Waals surface area (Å²) in [7, 11) is -2.88. The van der Waals surface area contributed by atoms with Gasteiger partial charge in [-0.05, 0) is 48.9 Å². The lowest BCUT2D eigenvalue weighted by molar-refractivity contribution is 0.371. The van der Waals surface area contributed by atoms with E-state index in [1.165, 1.54) is 0 Å². The monoisotopic (exact) mass is 321 g/mol. The fourth-order valence-electron chi connectivity index (χ4n) is 2.63. The molecule has 1 heterocycles. The van der Waals surface area contributed by atoms with E-state index in [0.717, 1.165) is 5.56 Å². The Morgan fingerprint density at radius 2 is 1.95 bits per heavy atom. The van der Waals surface area contributed by atoms with Crippen molar-refractivity contribution in [2.24, 2.45) is 17.6 Å². The second-order valence-electron chi connectivity index (χ2n) is 5.06. The quantitative estimate of drug-likeness (QED) is 0.927. The first kappa shape index (κ1) is 15.1. The van der Waals surface area contributed by atoms with Crippen LogP contribution in [0.1, 0.15) is 12.0 Å². The van der Waals surface area contributed by atoms with Crippen molar-refractivity contribution in [3.63, 3.8) is 0 Å². The van der Waals surface area contributed by atoms with E-state index < -0.39 is 9.84 Å². The SMILES string of the molecule is NCC(Cc1c(Cl)cccc1Cl)C1CCS(=O)(=O)C1. The molecule has 3 nitrogen and oxygen atoms in total. The van der Waals surface area contributed by atoms with Gasteiger partial charge in [-0.25, -0.2) is 8.42 Å². The number of benzene rings is 1. The van der Waals surface area contributed by atoms with E-state index in [-0.39, 0.29) is 23.3 Å². The van der Waals surface area contributed by atoms with Crippen molar-refractivity contribution >= 4 is 33.0 Å². The highest BCUT2D eigenvalue weighted by atomic mass is 35.5. The van der Waals surface area contributed by atoms with E-state index in [9.17, 15) is 8.42 Å². The van der Waals surface area contributed by atoms with Gasteiger partial charge in [0.1, 0.15) is 0 Å². The van der Waals surface area contributed by atoms with Gasteiger partial charge in [-0.15, -0.1) is 0 Å². The van der Waals surface area contributed by atoms with Crippen LogP contribution in [0.5, 0.6) is 0 Å². The first-order valence-corrected chi connectivity index (χ1v) is 8.84. The van der Waals surface area contributed by atoms with Gasteiger partial charge in [0.2, 0.25) is 0 Å². The van der Waals surface area contributed by atoms with Crippen LogP contribution >= 0.6 is 23.2 Å². The van der Waals surface area contributed by atoms with E-state index in [1.807, 2.05) is 0 Å². The van der Waals surface area contributed by atoms with Crippen molar-refractivity contribution in [3.8, 4) is 0 Å². The van der Waals surface area contributed by atoms with E-state index >= 15 is 0 Å². The van der Waals surface area contributed by atoms with Gasteiger partial charge in [-0.3, -0.25) is 0 Å². The van der Waals surface area contributed by atoms with E-state index in [0.29, 0.717) is 29.4 Å². The molecule has 106 valence electrons. The van der Waals surface area contributed by atoms with Gasteiger partial charge < -0.3 is 5.73 Å². The Balaban J connectivity index is 2.16. The lowest BCUT2D eigenvalue weighted by Gasteiger charge is -2.22. The Hall–Kier alpha value is -0.290. The molecule has 0 saturated carbocycles. The van der Waals surface area contributed by atoms with Crippen molar-refractivity contribution in [2.45, 2.75) is 12.8 Å². The van der Waals surface area contributed by atoms with Gasteiger partial charge in [0.15, 0.2) is 9.84 Å². The average Bonchev–Trinajstić information content (AvgIpc) is 2.69. The summed E-state index contributed by atoms with van der Waals surface area (Å²) < 4.78 is 23.1. The lowest BCUT2D eigenvalue weighted by Crippen LogP contribution is -2.26. The van der Waals surface area contributed by atoms with Crippen molar-refractivity contribution in [3.05, 3.63) is 33.8 Å². The predicted molar refractivity (Wildman–Crippen MR) is 79.5 cm³/mol. The average molecular weight is 322 g/mol. The molecule has 0 spiro atoms. The maximum atomic E-state index is 11.6. The number of rotatable bonds is 4. The molecule has 6 heteroatoms. The zero-order valence-electron chi connectivity index (χ0n) is 10.5. The smallest absolute Gasteiger partial charge is 0.150 e. The Kier molecular flexibility index (Phi) is 4.77. The van der Waals surface area contributed by atoms with Gasteiger partial charge in [0, 0.05) is 10.0 Å². The van der Waals surface area contributed by atoms with E-state index in [1.54, 1.807) is 18.2 Å². The fraction of sp³-hybridized carbons (Fsp3) is 0.538. The van der Waals surface area contributed by atoms with Crippen molar-refractivity contribution < 1.29 is 8.42 Å². The number of sulfone groups is 1. The first-order valence-electron chi connectivity index (χ1n) is 6.26. The van der Waals surface area contributed by atoms with Crippen LogP contribution in [0.2, 0.25) is 10.0 Å². The van der Waals surface area contributed by atoms with Crippen molar-refractivity contribution in [1.82, 2.24) is 0 Å². The molecule has 1 aliphatic heterocycles. The normalized spacial score (nSPS) is 23.4. The minimum atomic E-state index is -2.88. The third-order valence-corrected chi connectivity index (χ3v) is 6.27. The minimum absolute atomic E-state index is 0.106. The highest BCUT2D eigenvalue weighted by molar-refractivity contribution is 7.91. The summed E-state index contributed by atoms with van der Waals surface area (Å²) in [6.45, 7) is 0.446. The van der Waals surface area contributed by atoms with Crippen LogP contribution < -0.4 is 5.73 Å². The van der Waals surface area contributed by atoms with Gasteiger partial charge >= 0.3 is 0 Å². The van der Waals surface area contributed by atoms with Crippen LogP contribution in [-0.4, -0.2) is 26.5 Å². The lowest BCUT2D eigenvalue weighted by atomic mass is 9.86. The summed E-state index contributed by atoms with van der Waals surface area (Å²) in [5, 5.41) is 1.23. The molecule has 0 radical (unpaired) electrons. The Morgan fingerprint density at radius 1 is 1.32 bits per heavy atom. The van der Waals surface area contributed by atoms with E-state index in [4.69, 9.17) is 28.9 Å². The van der Waals surface area contributed by atoms with Crippen LogP contribution in [0, 0.1) is 11.8 Å². The standard InChI is InChI=1S/C13H17Cl2NO2S/c14-12-2-1-3-13(15)11(12)6-10(7-16)9-4-5-19(17,18)8-9/h1-3,9-10H,4-8,16H2. The summed E-state index contributed by atoms with van der Waals surface area (Å²) in [4.78, 5) is 0. The first-order chi connectivity index (χ1) is 8.93. The van der Waals surface area contributed by atoms with Crippen LogP contribution in [0.3, 0.4) is 0 Å². The Morgan fingerprint density at radius 3 is 2.42 bits per heavy atom. The van der Waals surface area contributed by atoms with E-state index in [2.05, 4.69) is 0 Å². The molecule has 2 atom stereocenters. The Labute approximate surface area is 124 Å². The highest BCUT2D eigenvalue weighted by Gasteiger charge is 2.33. The van der Waals surface area contributed by atoms with Gasteiger partial charge in [0.25, 0.3) is 0 Å². The molecule has 0 aliphatic carbocycles. The molecular formula is C13H17Cl2NO2S. The maximum Gasteiger partial charge on any atom is 0.150 e. The molecule has 1 saturated heterocycles. The Bertz CT molecular complexity index is 540. The third kappa shape index (κ3) is 3.63. The summed E-state index contributed by atoms with van der Waals surface area (Å²) in [6.07, 6.45) is 1.32. The molecule has 1 aromatic rings. The summed E-state index contributed by atoms with van der Waals surface area (Å²) in [5.74, 6) is 0.721. The second kappa shape index (κ2) is 6.00. The number of hydrogen-bond acceptors (Lipinski definition) is 3. The molecule has 1 aliphatic rings. The topological polar surface area (TPSA) is 60.2 Å². The summed E-state index contributed by atoms with van der Waals surface area (Å²) in [5.41, 5.74) is 6.67. The van der Waals surface area contributed by atoms with Crippen molar-refractivity contribution in [1.29, 1.82) is 0 Å². The molecule has 0 amide bonds. The molecule has 2 unspecified atom stereocenters. The maximum absolute atomic E-state index is 11.6. The van der Waals surface area contributed by atoms with Crippen LogP contribution in [0.25, 0.3) is 0 Å². The van der Waals surface area contributed by atoms with Gasteiger partial charge in [-0.2, -0.15) is 0 Å². The number of hydrogen-bond donors (Lipinski definition) is 1. The number of halogens is 2. The molecule has 1 aromatic carbocycles. The molecule has 0 bridgehead atoms. The van der Waals surface area contributed by atoms with Crippen LogP contribution in [0.4, 0.5) is 0 Å². The predicted octanol–water partition coefficient (Wildman–Crippen LogP) is 2.55. The highest BCUT2D eigenvalue weighted by Crippen LogP contribution is 2.32. The second-order valence-corrected chi connectivity index (χ2v) is 8.11. The zero-order valence-corrected chi connectivity index (χ0v) is 12.8. The van der Waals surface area contributed by atoms with Crippen LogP contribution in [0.15, 0.2) is 18.2 Å². The molecule has 19 heavy (non-hydrogen) atoms. The molecule has 2 rings (SSSR count).